The zero-order valence-electron chi connectivity index (χ0n) is 14.3. The van der Waals surface area contributed by atoms with Crippen molar-refractivity contribution in [1.29, 1.82) is 0 Å². The van der Waals surface area contributed by atoms with E-state index in [0.29, 0.717) is 11.1 Å². The van der Waals surface area contributed by atoms with Gasteiger partial charge in [0.1, 0.15) is 5.82 Å². The van der Waals surface area contributed by atoms with Gasteiger partial charge in [0.25, 0.3) is 5.91 Å². The molecular formula is C18H18FNO5S. The Labute approximate surface area is 150 Å². The molecule has 0 radical (unpaired) electrons. The van der Waals surface area contributed by atoms with Gasteiger partial charge in [-0.2, -0.15) is 0 Å². The van der Waals surface area contributed by atoms with Gasteiger partial charge in [-0.25, -0.2) is 17.6 Å². The van der Waals surface area contributed by atoms with Crippen LogP contribution in [0.2, 0.25) is 0 Å². The summed E-state index contributed by atoms with van der Waals surface area (Å²) in [5.41, 5.74) is 0.896. The number of carbonyl (C=O) groups excluding carboxylic acids is 2. The first-order chi connectivity index (χ1) is 12.2. The number of ether oxygens (including phenoxy) is 1. The lowest BCUT2D eigenvalue weighted by Crippen LogP contribution is -2.28. The Hall–Kier alpha value is -2.74. The van der Waals surface area contributed by atoms with Crippen molar-refractivity contribution in [2.24, 2.45) is 0 Å². The third kappa shape index (κ3) is 5.13. The van der Waals surface area contributed by atoms with Gasteiger partial charge in [-0.15, -0.1) is 0 Å². The maximum Gasteiger partial charge on any atom is 0.338 e. The Morgan fingerprint density at radius 2 is 1.85 bits per heavy atom. The second kappa shape index (κ2) is 8.09. The molecule has 2 aromatic rings. The maximum atomic E-state index is 13.5. The highest BCUT2D eigenvalue weighted by molar-refractivity contribution is 7.90. The second-order valence-corrected chi connectivity index (χ2v) is 7.71. The normalized spacial score (nSPS) is 11.0. The fourth-order valence-corrected chi connectivity index (χ4v) is 2.79. The van der Waals surface area contributed by atoms with E-state index < -0.39 is 34.1 Å². The summed E-state index contributed by atoms with van der Waals surface area (Å²) >= 11 is 0. The summed E-state index contributed by atoms with van der Waals surface area (Å²) in [6.45, 7) is 1.03. The van der Waals surface area contributed by atoms with Crippen LogP contribution in [0.4, 0.5) is 4.39 Å². The molecule has 6 nitrogen and oxygen atoms in total. The lowest BCUT2D eigenvalue weighted by molar-refractivity contribution is -0.124. The number of sulfone groups is 1. The molecule has 2 aromatic carbocycles. The number of benzene rings is 2. The summed E-state index contributed by atoms with van der Waals surface area (Å²) in [5.74, 6) is -1.86. The summed E-state index contributed by atoms with van der Waals surface area (Å²) in [4.78, 5) is 23.9. The summed E-state index contributed by atoms with van der Waals surface area (Å²) < 4.78 is 41.6. The number of hydrogen-bond acceptors (Lipinski definition) is 5. The first kappa shape index (κ1) is 19.6. The molecule has 0 aliphatic carbocycles. The fourth-order valence-electron chi connectivity index (χ4n) is 2.15. The molecule has 0 atom stereocenters. The monoisotopic (exact) mass is 379 g/mol. The Morgan fingerprint density at radius 1 is 1.15 bits per heavy atom. The van der Waals surface area contributed by atoms with Crippen LogP contribution in [0.1, 0.15) is 21.5 Å². The van der Waals surface area contributed by atoms with Crippen LogP contribution in [-0.2, 0) is 25.9 Å². The standard InChI is InChI=1S/C18H18FNO5S/c1-12-7-8-14(26(2,23)24)9-15(12)18(22)25-11-17(21)20-10-13-5-3-4-6-16(13)19/h3-9H,10-11H2,1-2H3,(H,20,21). The van der Waals surface area contributed by atoms with Crippen molar-refractivity contribution in [3.63, 3.8) is 0 Å². The van der Waals surface area contributed by atoms with Crippen molar-refractivity contribution in [2.45, 2.75) is 18.4 Å². The molecule has 8 heteroatoms. The molecule has 0 aliphatic rings. The minimum absolute atomic E-state index is 0.0148. The Kier molecular flexibility index (Phi) is 6.10. The van der Waals surface area contributed by atoms with Crippen LogP contribution >= 0.6 is 0 Å². The summed E-state index contributed by atoms with van der Waals surface area (Å²) in [7, 11) is -3.47. The molecule has 0 fully saturated rings. The van der Waals surface area contributed by atoms with Gasteiger partial charge in [0.15, 0.2) is 16.4 Å². The minimum atomic E-state index is -3.47. The highest BCUT2D eigenvalue weighted by Gasteiger charge is 2.16. The van der Waals surface area contributed by atoms with Crippen LogP contribution < -0.4 is 5.32 Å². The van der Waals surface area contributed by atoms with Gasteiger partial charge in [0.05, 0.1) is 10.5 Å². The zero-order valence-corrected chi connectivity index (χ0v) is 15.1. The number of rotatable bonds is 6. The van der Waals surface area contributed by atoms with Crippen LogP contribution in [0.15, 0.2) is 47.4 Å². The molecule has 138 valence electrons. The molecule has 0 heterocycles. The predicted molar refractivity (Wildman–Crippen MR) is 92.8 cm³/mol. The van der Waals surface area contributed by atoms with Gasteiger partial charge in [0.2, 0.25) is 0 Å². The van der Waals surface area contributed by atoms with E-state index in [4.69, 9.17) is 4.74 Å². The van der Waals surface area contributed by atoms with Gasteiger partial charge in [-0.1, -0.05) is 24.3 Å². The summed E-state index contributed by atoms with van der Waals surface area (Å²) in [6, 6.07) is 10.1. The average molecular weight is 379 g/mol. The molecule has 1 amide bonds. The Bertz CT molecular complexity index is 940. The van der Waals surface area contributed by atoms with Gasteiger partial charge in [-0.3, -0.25) is 4.79 Å². The number of hydrogen-bond donors (Lipinski definition) is 1. The number of nitrogens with one attached hydrogen (secondary N) is 1. The molecular weight excluding hydrogens is 361 g/mol. The molecule has 26 heavy (non-hydrogen) atoms. The molecule has 0 saturated carbocycles. The van der Waals surface area contributed by atoms with Crippen LogP contribution in [0, 0.1) is 12.7 Å². The van der Waals surface area contributed by atoms with Crippen molar-refractivity contribution >= 4 is 21.7 Å². The van der Waals surface area contributed by atoms with Crippen molar-refractivity contribution in [2.75, 3.05) is 12.9 Å². The number of amides is 1. The number of carbonyl (C=O) groups is 2. The second-order valence-electron chi connectivity index (χ2n) is 5.69. The molecule has 0 bridgehead atoms. The Morgan fingerprint density at radius 3 is 2.50 bits per heavy atom. The highest BCUT2D eigenvalue weighted by Crippen LogP contribution is 2.16. The van der Waals surface area contributed by atoms with Gasteiger partial charge >= 0.3 is 5.97 Å². The third-order valence-electron chi connectivity index (χ3n) is 3.63. The number of halogens is 1. The van der Waals surface area contributed by atoms with Crippen molar-refractivity contribution in [1.82, 2.24) is 5.32 Å². The highest BCUT2D eigenvalue weighted by atomic mass is 32.2. The van der Waals surface area contributed by atoms with Gasteiger partial charge in [-0.05, 0) is 30.7 Å². The van der Waals surface area contributed by atoms with Crippen molar-refractivity contribution in [3.05, 3.63) is 65.0 Å². The van der Waals surface area contributed by atoms with Crippen LogP contribution in [0.5, 0.6) is 0 Å². The van der Waals surface area contributed by atoms with E-state index in [9.17, 15) is 22.4 Å². The first-order valence-electron chi connectivity index (χ1n) is 7.66. The van der Waals surface area contributed by atoms with E-state index in [1.54, 1.807) is 13.0 Å². The van der Waals surface area contributed by atoms with Gasteiger partial charge < -0.3 is 10.1 Å². The predicted octanol–water partition coefficient (Wildman–Crippen LogP) is 2.01. The molecule has 2 rings (SSSR count). The quantitative estimate of drug-likeness (QED) is 0.776. The van der Waals surface area contributed by atoms with Crippen LogP contribution in [0.25, 0.3) is 0 Å². The lowest BCUT2D eigenvalue weighted by Gasteiger charge is -2.09. The fraction of sp³-hybridized carbons (Fsp3) is 0.222. The van der Waals surface area contributed by atoms with E-state index >= 15 is 0 Å². The van der Waals surface area contributed by atoms with E-state index in [0.717, 1.165) is 6.26 Å². The largest absolute Gasteiger partial charge is 0.452 e. The number of aryl methyl sites for hydroxylation is 1. The van der Waals surface area contributed by atoms with Crippen molar-refractivity contribution < 1.29 is 27.1 Å². The van der Waals surface area contributed by atoms with E-state index in [2.05, 4.69) is 5.32 Å². The summed E-state index contributed by atoms with van der Waals surface area (Å²) in [5, 5.41) is 2.44. The molecule has 0 aliphatic heterocycles. The smallest absolute Gasteiger partial charge is 0.338 e. The van der Waals surface area contributed by atoms with Crippen molar-refractivity contribution in [3.8, 4) is 0 Å². The lowest BCUT2D eigenvalue weighted by atomic mass is 10.1. The van der Waals surface area contributed by atoms with E-state index in [1.165, 1.54) is 36.4 Å². The maximum absolute atomic E-state index is 13.5. The van der Waals surface area contributed by atoms with E-state index in [1.807, 2.05) is 0 Å². The number of esters is 1. The van der Waals surface area contributed by atoms with Crippen LogP contribution in [0.3, 0.4) is 0 Å². The minimum Gasteiger partial charge on any atom is -0.452 e. The summed E-state index contributed by atoms with van der Waals surface area (Å²) in [6.07, 6.45) is 1.03. The molecule has 0 unspecified atom stereocenters. The zero-order chi connectivity index (χ0) is 19.3. The topological polar surface area (TPSA) is 89.5 Å². The average Bonchev–Trinajstić information content (AvgIpc) is 2.58. The third-order valence-corrected chi connectivity index (χ3v) is 4.74. The molecule has 0 spiro atoms. The molecule has 1 N–H and O–H groups in total. The van der Waals surface area contributed by atoms with Crippen LogP contribution in [-0.4, -0.2) is 33.2 Å². The molecule has 0 saturated heterocycles. The Balaban J connectivity index is 1.96. The van der Waals surface area contributed by atoms with Gasteiger partial charge in [0, 0.05) is 18.4 Å². The molecule has 0 aromatic heterocycles. The first-order valence-corrected chi connectivity index (χ1v) is 9.55. The van der Waals surface area contributed by atoms with E-state index in [-0.39, 0.29) is 17.0 Å². The SMILES string of the molecule is Cc1ccc(S(C)(=O)=O)cc1C(=O)OCC(=O)NCc1ccccc1F.